The summed E-state index contributed by atoms with van der Waals surface area (Å²) in [6, 6.07) is 8.10. The molecule has 1 aliphatic rings. The number of rotatable bonds is 3. The first-order valence-electron chi connectivity index (χ1n) is 7.05. The van der Waals surface area contributed by atoms with E-state index >= 15 is 0 Å². The monoisotopic (exact) mass is 285 g/mol. The van der Waals surface area contributed by atoms with Crippen LogP contribution in [0.4, 0.5) is 5.69 Å². The molecule has 1 unspecified atom stereocenters. The maximum Gasteiger partial charge on any atom is 0.267 e. The lowest BCUT2D eigenvalue weighted by Gasteiger charge is -2.29. The van der Waals surface area contributed by atoms with E-state index in [0.717, 1.165) is 19.5 Å². The summed E-state index contributed by atoms with van der Waals surface area (Å²) in [5, 5.41) is 21.0. The Kier molecular flexibility index (Phi) is 4.83. The average Bonchev–Trinajstić information content (AvgIpc) is 2.47. The van der Waals surface area contributed by atoms with Crippen LogP contribution in [0.3, 0.4) is 0 Å². The first-order valence-corrected chi connectivity index (χ1v) is 7.05. The number of piperidine rings is 1. The highest BCUT2D eigenvalue weighted by Gasteiger charge is 2.16. The van der Waals surface area contributed by atoms with Crippen molar-refractivity contribution in [2.45, 2.75) is 19.8 Å². The molecule has 0 bridgehead atoms. The smallest absolute Gasteiger partial charge is 0.267 e. The van der Waals surface area contributed by atoms with Gasteiger partial charge < -0.3 is 15.3 Å². The molecular weight excluding hydrogens is 266 g/mol. The highest BCUT2D eigenvalue weighted by molar-refractivity contribution is 6.06. The molecule has 0 spiro atoms. The molecule has 0 saturated carbocycles. The first-order chi connectivity index (χ1) is 10.1. The third-order valence-electron chi connectivity index (χ3n) is 3.49. The van der Waals surface area contributed by atoms with E-state index in [2.05, 4.69) is 12.2 Å². The normalized spacial score (nSPS) is 19.0. The third kappa shape index (κ3) is 4.25. The molecule has 21 heavy (non-hydrogen) atoms. The lowest BCUT2D eigenvalue weighted by molar-refractivity contribution is -0.112. The van der Waals surface area contributed by atoms with Gasteiger partial charge in [-0.25, -0.2) is 0 Å². The van der Waals surface area contributed by atoms with Crippen LogP contribution < -0.4 is 5.32 Å². The second kappa shape index (κ2) is 6.80. The van der Waals surface area contributed by atoms with Gasteiger partial charge in [-0.2, -0.15) is 5.26 Å². The molecule has 1 atom stereocenters. The number of nitrogens with zero attached hydrogens (tertiary/aromatic N) is 2. The van der Waals surface area contributed by atoms with Crippen LogP contribution in [0.2, 0.25) is 0 Å². The lowest BCUT2D eigenvalue weighted by Crippen LogP contribution is -2.31. The molecule has 2 rings (SSSR count). The zero-order valence-corrected chi connectivity index (χ0v) is 12.0. The van der Waals surface area contributed by atoms with E-state index in [0.29, 0.717) is 11.6 Å². The van der Waals surface area contributed by atoms with Crippen LogP contribution in [0.5, 0.6) is 5.75 Å². The highest BCUT2D eigenvalue weighted by Crippen LogP contribution is 2.17. The Morgan fingerprint density at radius 3 is 2.81 bits per heavy atom. The summed E-state index contributed by atoms with van der Waals surface area (Å²) in [7, 11) is 0. The van der Waals surface area contributed by atoms with Crippen LogP contribution in [0.1, 0.15) is 19.8 Å². The van der Waals surface area contributed by atoms with E-state index in [-0.39, 0.29) is 11.3 Å². The number of anilines is 1. The summed E-state index contributed by atoms with van der Waals surface area (Å²) >= 11 is 0. The van der Waals surface area contributed by atoms with E-state index in [4.69, 9.17) is 5.26 Å². The fraction of sp³-hybridized carbons (Fsp3) is 0.375. The second-order valence-electron chi connectivity index (χ2n) is 5.40. The number of phenols is 1. The summed E-state index contributed by atoms with van der Waals surface area (Å²) in [5.74, 6) is 0.280. The lowest BCUT2D eigenvalue weighted by atomic mass is 10.0. The molecule has 1 aromatic rings. The fourth-order valence-corrected chi connectivity index (χ4v) is 2.41. The quantitative estimate of drug-likeness (QED) is 0.508. The fourth-order valence-electron chi connectivity index (χ4n) is 2.41. The van der Waals surface area contributed by atoms with Crippen LogP contribution in [0, 0.1) is 17.2 Å². The van der Waals surface area contributed by atoms with Gasteiger partial charge in [-0.1, -0.05) is 6.92 Å². The van der Waals surface area contributed by atoms with E-state index in [1.165, 1.54) is 18.6 Å². The van der Waals surface area contributed by atoms with Gasteiger partial charge in [0.25, 0.3) is 5.91 Å². The van der Waals surface area contributed by atoms with Crippen molar-refractivity contribution in [2.75, 3.05) is 18.4 Å². The zero-order chi connectivity index (χ0) is 15.2. The molecule has 5 heteroatoms. The molecule has 0 aromatic heterocycles. The van der Waals surface area contributed by atoms with Crippen molar-refractivity contribution in [3.63, 3.8) is 0 Å². The zero-order valence-electron chi connectivity index (χ0n) is 12.0. The molecule has 0 aliphatic carbocycles. The first kappa shape index (κ1) is 14.9. The number of nitriles is 1. The number of likely N-dealkylation sites (tertiary alicyclic amines) is 1. The SMILES string of the molecule is CC1CCCN(/C=C(/C#N)C(=O)Nc2ccc(O)cc2)C1. The van der Waals surface area contributed by atoms with E-state index in [9.17, 15) is 9.90 Å². The summed E-state index contributed by atoms with van der Waals surface area (Å²) in [6.07, 6.45) is 3.91. The Hall–Kier alpha value is -2.48. The number of hydrogen-bond acceptors (Lipinski definition) is 4. The third-order valence-corrected chi connectivity index (χ3v) is 3.49. The van der Waals surface area contributed by atoms with Gasteiger partial charge >= 0.3 is 0 Å². The molecule has 1 saturated heterocycles. The number of phenolic OH excluding ortho intramolecular Hbond substituents is 1. The minimum absolute atomic E-state index is 0.0946. The Morgan fingerprint density at radius 2 is 2.19 bits per heavy atom. The topological polar surface area (TPSA) is 76.4 Å². The van der Waals surface area contributed by atoms with Crippen molar-refractivity contribution in [1.29, 1.82) is 5.26 Å². The molecule has 5 nitrogen and oxygen atoms in total. The number of amides is 1. The Morgan fingerprint density at radius 1 is 1.48 bits per heavy atom. The van der Waals surface area contributed by atoms with Crippen LogP contribution in [-0.2, 0) is 4.79 Å². The Labute approximate surface area is 124 Å². The number of carbonyl (C=O) groups is 1. The van der Waals surface area contributed by atoms with Crippen molar-refractivity contribution in [2.24, 2.45) is 5.92 Å². The summed E-state index contributed by atoms with van der Waals surface area (Å²) in [6.45, 7) is 3.92. The standard InChI is InChI=1S/C16H19N3O2/c1-12-3-2-8-19(10-12)11-13(9-17)16(21)18-14-4-6-15(20)7-5-14/h4-7,11-12,20H,2-3,8,10H2,1H3,(H,18,21)/b13-11-. The van der Waals surface area contributed by atoms with Crippen molar-refractivity contribution in [1.82, 2.24) is 4.90 Å². The number of nitrogens with one attached hydrogen (secondary N) is 1. The maximum atomic E-state index is 12.1. The highest BCUT2D eigenvalue weighted by atomic mass is 16.3. The molecule has 1 aliphatic heterocycles. The Bertz CT molecular complexity index is 572. The number of aromatic hydroxyl groups is 1. The minimum Gasteiger partial charge on any atom is -0.508 e. The van der Waals surface area contributed by atoms with Crippen molar-refractivity contribution >= 4 is 11.6 Å². The molecule has 0 radical (unpaired) electrons. The van der Waals surface area contributed by atoms with Gasteiger partial charge in [0.2, 0.25) is 0 Å². The van der Waals surface area contributed by atoms with Crippen LogP contribution >= 0.6 is 0 Å². The van der Waals surface area contributed by atoms with Crippen molar-refractivity contribution in [3.8, 4) is 11.8 Å². The van der Waals surface area contributed by atoms with E-state index < -0.39 is 5.91 Å². The number of benzene rings is 1. The molecule has 2 N–H and O–H groups in total. The molecule has 110 valence electrons. The second-order valence-corrected chi connectivity index (χ2v) is 5.40. The molecule has 1 heterocycles. The van der Waals surface area contributed by atoms with Gasteiger partial charge in [0.1, 0.15) is 17.4 Å². The van der Waals surface area contributed by atoms with Gasteiger partial charge in [-0.3, -0.25) is 4.79 Å². The molecular formula is C16H19N3O2. The van der Waals surface area contributed by atoms with E-state index in [1.54, 1.807) is 18.3 Å². The van der Waals surface area contributed by atoms with Crippen LogP contribution in [-0.4, -0.2) is 29.0 Å². The average molecular weight is 285 g/mol. The molecule has 1 amide bonds. The number of hydrogen-bond donors (Lipinski definition) is 2. The van der Waals surface area contributed by atoms with Crippen molar-refractivity contribution in [3.05, 3.63) is 36.0 Å². The van der Waals surface area contributed by atoms with Crippen LogP contribution in [0.15, 0.2) is 36.0 Å². The summed E-state index contributed by atoms with van der Waals surface area (Å²) in [5.41, 5.74) is 0.642. The minimum atomic E-state index is -0.429. The van der Waals surface area contributed by atoms with Gasteiger partial charge in [-0.05, 0) is 43.0 Å². The molecule has 1 fully saturated rings. The predicted octanol–water partition coefficient (Wildman–Crippen LogP) is 2.47. The maximum absolute atomic E-state index is 12.1. The van der Waals surface area contributed by atoms with Gasteiger partial charge in [0, 0.05) is 25.0 Å². The Balaban J connectivity index is 2.04. The van der Waals surface area contributed by atoms with Gasteiger partial charge in [-0.15, -0.1) is 0 Å². The van der Waals surface area contributed by atoms with E-state index in [1.807, 2.05) is 11.0 Å². The molecule has 1 aromatic carbocycles. The largest absolute Gasteiger partial charge is 0.508 e. The van der Waals surface area contributed by atoms with Crippen LogP contribution in [0.25, 0.3) is 0 Å². The number of carbonyl (C=O) groups excluding carboxylic acids is 1. The summed E-state index contributed by atoms with van der Waals surface area (Å²) < 4.78 is 0. The van der Waals surface area contributed by atoms with Gasteiger partial charge in [0.15, 0.2) is 0 Å². The summed E-state index contributed by atoms with van der Waals surface area (Å²) in [4.78, 5) is 14.1. The van der Waals surface area contributed by atoms with Crippen molar-refractivity contribution < 1.29 is 9.90 Å². The van der Waals surface area contributed by atoms with Gasteiger partial charge in [0.05, 0.1) is 0 Å². The predicted molar refractivity (Wildman–Crippen MR) is 80.4 cm³/mol.